The Morgan fingerprint density at radius 1 is 1.45 bits per heavy atom. The predicted molar refractivity (Wildman–Crippen MR) is 76.5 cm³/mol. The third-order valence-corrected chi connectivity index (χ3v) is 3.59. The van der Waals surface area contributed by atoms with Crippen LogP contribution in [0.15, 0.2) is 24.3 Å². The summed E-state index contributed by atoms with van der Waals surface area (Å²) in [6, 6.07) is 7.34. The molecule has 1 aromatic rings. The van der Waals surface area contributed by atoms with Crippen molar-refractivity contribution in [2.75, 3.05) is 11.4 Å². The van der Waals surface area contributed by atoms with Crippen LogP contribution < -0.4 is 15.4 Å². The highest BCUT2D eigenvalue weighted by Gasteiger charge is 2.33. The van der Waals surface area contributed by atoms with Crippen molar-refractivity contribution in [3.63, 3.8) is 0 Å². The van der Waals surface area contributed by atoms with Gasteiger partial charge in [-0.1, -0.05) is 6.92 Å². The SMILES string of the molecule is CCC(C)Oc1ccc(N2CC(C(N)=O)CC2=O)cc1. The minimum absolute atomic E-state index is 0.0654. The van der Waals surface area contributed by atoms with Crippen LogP contribution >= 0.6 is 0 Å². The maximum atomic E-state index is 11.9. The summed E-state index contributed by atoms with van der Waals surface area (Å²) in [4.78, 5) is 24.6. The molecule has 1 aliphatic rings. The van der Waals surface area contributed by atoms with E-state index >= 15 is 0 Å². The number of primary amides is 1. The molecule has 5 heteroatoms. The van der Waals surface area contributed by atoms with Crippen molar-refractivity contribution < 1.29 is 14.3 Å². The molecule has 108 valence electrons. The second-order valence-corrected chi connectivity index (χ2v) is 5.14. The first-order chi connectivity index (χ1) is 9.51. The summed E-state index contributed by atoms with van der Waals surface area (Å²) >= 11 is 0. The van der Waals surface area contributed by atoms with Gasteiger partial charge in [-0.15, -0.1) is 0 Å². The number of anilines is 1. The number of amides is 2. The van der Waals surface area contributed by atoms with Crippen LogP contribution in [0.3, 0.4) is 0 Å². The molecule has 2 amide bonds. The first kappa shape index (κ1) is 14.4. The van der Waals surface area contributed by atoms with E-state index in [9.17, 15) is 9.59 Å². The molecule has 0 radical (unpaired) electrons. The molecule has 20 heavy (non-hydrogen) atoms. The van der Waals surface area contributed by atoms with Gasteiger partial charge >= 0.3 is 0 Å². The zero-order valence-corrected chi connectivity index (χ0v) is 11.8. The lowest BCUT2D eigenvalue weighted by molar-refractivity contribution is -0.123. The molecule has 0 bridgehead atoms. The summed E-state index contributed by atoms with van der Waals surface area (Å²) in [7, 11) is 0. The zero-order valence-electron chi connectivity index (χ0n) is 11.8. The lowest BCUT2D eigenvalue weighted by Gasteiger charge is -2.18. The van der Waals surface area contributed by atoms with E-state index in [1.54, 1.807) is 4.90 Å². The Labute approximate surface area is 118 Å². The van der Waals surface area contributed by atoms with Crippen molar-refractivity contribution in [1.82, 2.24) is 0 Å². The van der Waals surface area contributed by atoms with E-state index in [-0.39, 0.29) is 18.4 Å². The normalized spacial score (nSPS) is 20.0. The highest BCUT2D eigenvalue weighted by Crippen LogP contribution is 2.27. The molecule has 2 rings (SSSR count). The first-order valence-corrected chi connectivity index (χ1v) is 6.87. The van der Waals surface area contributed by atoms with E-state index in [0.717, 1.165) is 17.9 Å². The summed E-state index contributed by atoms with van der Waals surface area (Å²) in [6.45, 7) is 4.43. The Bertz CT molecular complexity index is 498. The Morgan fingerprint density at radius 2 is 2.10 bits per heavy atom. The fourth-order valence-corrected chi connectivity index (χ4v) is 2.17. The van der Waals surface area contributed by atoms with E-state index in [4.69, 9.17) is 10.5 Å². The standard InChI is InChI=1S/C15H20N2O3/c1-3-10(2)20-13-6-4-12(5-7-13)17-9-11(15(16)19)8-14(17)18/h4-7,10-11H,3,8-9H2,1-2H3,(H2,16,19). The fourth-order valence-electron chi connectivity index (χ4n) is 2.17. The minimum atomic E-state index is -0.419. The van der Waals surface area contributed by atoms with E-state index in [1.165, 1.54) is 0 Å². The van der Waals surface area contributed by atoms with Gasteiger partial charge in [0.1, 0.15) is 5.75 Å². The van der Waals surface area contributed by atoms with Gasteiger partial charge in [-0.2, -0.15) is 0 Å². The van der Waals surface area contributed by atoms with Gasteiger partial charge in [-0.05, 0) is 37.6 Å². The molecule has 1 fully saturated rings. The molecular weight excluding hydrogens is 256 g/mol. The Hall–Kier alpha value is -2.04. The maximum Gasteiger partial charge on any atom is 0.227 e. The monoisotopic (exact) mass is 276 g/mol. The van der Waals surface area contributed by atoms with Gasteiger partial charge in [-0.3, -0.25) is 9.59 Å². The summed E-state index contributed by atoms with van der Waals surface area (Å²) in [5, 5.41) is 0. The van der Waals surface area contributed by atoms with Gasteiger partial charge < -0.3 is 15.4 Å². The number of hydrogen-bond donors (Lipinski definition) is 1. The number of carbonyl (C=O) groups excluding carboxylic acids is 2. The smallest absolute Gasteiger partial charge is 0.227 e. The molecule has 0 aliphatic carbocycles. The Kier molecular flexibility index (Phi) is 4.27. The molecule has 2 unspecified atom stereocenters. The molecule has 1 heterocycles. The molecule has 1 aliphatic heterocycles. The number of hydrogen-bond acceptors (Lipinski definition) is 3. The number of benzene rings is 1. The number of ether oxygens (including phenoxy) is 1. The van der Waals surface area contributed by atoms with Crippen molar-refractivity contribution in [3.05, 3.63) is 24.3 Å². The number of nitrogens with two attached hydrogens (primary N) is 1. The van der Waals surface area contributed by atoms with Crippen molar-refractivity contribution in [3.8, 4) is 5.75 Å². The minimum Gasteiger partial charge on any atom is -0.491 e. The van der Waals surface area contributed by atoms with Gasteiger partial charge in [0.05, 0.1) is 12.0 Å². The topological polar surface area (TPSA) is 72.6 Å². The fraction of sp³-hybridized carbons (Fsp3) is 0.467. The molecule has 2 N–H and O–H groups in total. The summed E-state index contributed by atoms with van der Waals surface area (Å²) < 4.78 is 5.69. The van der Waals surface area contributed by atoms with Crippen molar-refractivity contribution in [2.24, 2.45) is 11.7 Å². The van der Waals surface area contributed by atoms with Gasteiger partial charge in [0.25, 0.3) is 0 Å². The molecule has 0 saturated carbocycles. The average Bonchev–Trinajstić information content (AvgIpc) is 2.82. The van der Waals surface area contributed by atoms with Crippen LogP contribution in [-0.4, -0.2) is 24.5 Å². The van der Waals surface area contributed by atoms with Crippen LogP contribution in [-0.2, 0) is 9.59 Å². The lowest BCUT2D eigenvalue weighted by atomic mass is 10.1. The molecule has 5 nitrogen and oxygen atoms in total. The maximum absolute atomic E-state index is 11.9. The summed E-state index contributed by atoms with van der Waals surface area (Å²) in [5.74, 6) is -0.0956. The van der Waals surface area contributed by atoms with Gasteiger partial charge in [0, 0.05) is 18.7 Å². The highest BCUT2D eigenvalue weighted by atomic mass is 16.5. The van der Waals surface area contributed by atoms with Crippen LogP contribution in [0.4, 0.5) is 5.69 Å². The second-order valence-electron chi connectivity index (χ2n) is 5.14. The molecule has 1 aromatic carbocycles. The van der Waals surface area contributed by atoms with Crippen LogP contribution in [0.1, 0.15) is 26.7 Å². The third kappa shape index (κ3) is 3.10. The quantitative estimate of drug-likeness (QED) is 0.889. The zero-order chi connectivity index (χ0) is 14.7. The van der Waals surface area contributed by atoms with Crippen LogP contribution in [0.5, 0.6) is 5.75 Å². The van der Waals surface area contributed by atoms with Crippen LogP contribution in [0.2, 0.25) is 0 Å². The van der Waals surface area contributed by atoms with E-state index in [2.05, 4.69) is 6.92 Å². The highest BCUT2D eigenvalue weighted by molar-refractivity contribution is 6.00. The summed E-state index contributed by atoms with van der Waals surface area (Å²) in [6.07, 6.45) is 1.29. The number of nitrogens with zero attached hydrogens (tertiary/aromatic N) is 1. The average molecular weight is 276 g/mol. The van der Waals surface area contributed by atoms with Crippen molar-refractivity contribution in [1.29, 1.82) is 0 Å². The molecule has 2 atom stereocenters. The van der Waals surface area contributed by atoms with Gasteiger partial charge in [-0.25, -0.2) is 0 Å². The first-order valence-electron chi connectivity index (χ1n) is 6.87. The van der Waals surface area contributed by atoms with Gasteiger partial charge in [0.2, 0.25) is 11.8 Å². The van der Waals surface area contributed by atoms with E-state index in [1.807, 2.05) is 31.2 Å². The second kappa shape index (κ2) is 5.94. The van der Waals surface area contributed by atoms with Crippen LogP contribution in [0.25, 0.3) is 0 Å². The Balaban J connectivity index is 2.07. The lowest BCUT2D eigenvalue weighted by Crippen LogP contribution is -2.28. The van der Waals surface area contributed by atoms with E-state index < -0.39 is 11.8 Å². The number of carbonyl (C=O) groups is 2. The molecular formula is C15H20N2O3. The molecule has 0 spiro atoms. The molecule has 1 saturated heterocycles. The predicted octanol–water partition coefficient (Wildman–Crippen LogP) is 1.70. The van der Waals surface area contributed by atoms with Crippen molar-refractivity contribution >= 4 is 17.5 Å². The third-order valence-electron chi connectivity index (χ3n) is 3.59. The number of rotatable bonds is 5. The van der Waals surface area contributed by atoms with Crippen LogP contribution in [0, 0.1) is 5.92 Å². The Morgan fingerprint density at radius 3 is 2.60 bits per heavy atom. The largest absolute Gasteiger partial charge is 0.491 e. The van der Waals surface area contributed by atoms with Gasteiger partial charge in [0.15, 0.2) is 0 Å². The van der Waals surface area contributed by atoms with Crippen molar-refractivity contribution in [2.45, 2.75) is 32.8 Å². The van der Waals surface area contributed by atoms with E-state index in [0.29, 0.717) is 6.54 Å². The molecule has 0 aromatic heterocycles. The summed E-state index contributed by atoms with van der Waals surface area (Å²) in [5.41, 5.74) is 6.03.